The monoisotopic (exact) mass is 538 g/mol. The number of carbonyl (C=O) groups excluding carboxylic acids is 2. The Hall–Kier alpha value is -3.57. The number of hydrogen-bond acceptors (Lipinski definition) is 7. The summed E-state index contributed by atoms with van der Waals surface area (Å²) in [5.74, 6) is -0.718. The number of benzene rings is 3. The maximum absolute atomic E-state index is 14.1. The first-order valence-electron chi connectivity index (χ1n) is 12.0. The second-order valence-corrected chi connectivity index (χ2v) is 10.7. The van der Waals surface area contributed by atoms with Gasteiger partial charge in [-0.1, -0.05) is 48.0 Å². The first-order valence-corrected chi connectivity index (χ1v) is 13.4. The Morgan fingerprint density at radius 1 is 1.00 bits per heavy atom. The summed E-state index contributed by atoms with van der Waals surface area (Å²) in [5.41, 5.74) is 2.61. The molecule has 3 aromatic rings. The van der Waals surface area contributed by atoms with Gasteiger partial charge in [-0.15, -0.1) is 0 Å². The zero-order valence-electron chi connectivity index (χ0n) is 21.6. The molecule has 0 spiro atoms. The molecule has 4 rings (SSSR count). The third kappa shape index (κ3) is 5.34. The van der Waals surface area contributed by atoms with Crippen LogP contribution in [0.15, 0.2) is 71.6 Å². The molecule has 0 bridgehead atoms. The van der Waals surface area contributed by atoms with Crippen LogP contribution in [0.3, 0.4) is 0 Å². The highest BCUT2D eigenvalue weighted by atomic mass is 32.2. The van der Waals surface area contributed by atoms with Crippen LogP contribution in [-0.2, 0) is 30.9 Å². The number of anilines is 1. The van der Waals surface area contributed by atoms with Gasteiger partial charge in [0.15, 0.2) is 6.23 Å². The van der Waals surface area contributed by atoms with Crippen LogP contribution >= 0.6 is 0 Å². The fourth-order valence-electron chi connectivity index (χ4n) is 4.55. The number of ketones is 1. The van der Waals surface area contributed by atoms with E-state index in [1.807, 2.05) is 37.3 Å². The van der Waals surface area contributed by atoms with Crippen LogP contribution in [0.2, 0.25) is 0 Å². The van der Waals surface area contributed by atoms with Gasteiger partial charge in [-0.25, -0.2) is 8.42 Å². The van der Waals surface area contributed by atoms with Gasteiger partial charge >= 0.3 is 0 Å². The number of sulfonamides is 1. The van der Waals surface area contributed by atoms with Gasteiger partial charge in [-0.3, -0.25) is 9.59 Å². The van der Waals surface area contributed by atoms with Crippen molar-refractivity contribution in [3.8, 4) is 5.75 Å². The van der Waals surface area contributed by atoms with Gasteiger partial charge in [-0.05, 0) is 36.8 Å². The van der Waals surface area contributed by atoms with Crippen molar-refractivity contribution in [2.24, 2.45) is 0 Å². The Balaban J connectivity index is 1.88. The lowest BCUT2D eigenvalue weighted by atomic mass is 9.91. The molecule has 0 fully saturated rings. The summed E-state index contributed by atoms with van der Waals surface area (Å²) in [5, 5.41) is 2.69. The third-order valence-electron chi connectivity index (χ3n) is 6.28. The first kappa shape index (κ1) is 27.5. The van der Waals surface area contributed by atoms with E-state index in [-0.39, 0.29) is 35.3 Å². The number of ether oxygens (including phenoxy) is 3. The van der Waals surface area contributed by atoms with E-state index >= 15 is 0 Å². The molecule has 0 unspecified atom stereocenters. The van der Waals surface area contributed by atoms with Gasteiger partial charge in [0.05, 0.1) is 36.9 Å². The van der Waals surface area contributed by atoms with Crippen LogP contribution in [0.5, 0.6) is 5.75 Å². The van der Waals surface area contributed by atoms with Crippen molar-refractivity contribution < 1.29 is 32.2 Å². The van der Waals surface area contributed by atoms with E-state index < -0.39 is 28.1 Å². The van der Waals surface area contributed by atoms with Crippen molar-refractivity contribution in [1.29, 1.82) is 0 Å². The largest absolute Gasteiger partial charge is 0.494 e. The predicted molar refractivity (Wildman–Crippen MR) is 141 cm³/mol. The van der Waals surface area contributed by atoms with E-state index in [1.165, 1.54) is 39.3 Å². The minimum Gasteiger partial charge on any atom is -0.494 e. The topological polar surface area (TPSA) is 111 Å². The molecule has 200 valence electrons. The van der Waals surface area contributed by atoms with Crippen LogP contribution in [0.25, 0.3) is 0 Å². The minimum atomic E-state index is -4.26. The van der Waals surface area contributed by atoms with Gasteiger partial charge in [0.25, 0.3) is 0 Å². The van der Waals surface area contributed by atoms with Crippen molar-refractivity contribution in [3.05, 3.63) is 89.0 Å². The van der Waals surface area contributed by atoms with Crippen LogP contribution in [0.1, 0.15) is 40.0 Å². The minimum absolute atomic E-state index is 0.00596. The van der Waals surface area contributed by atoms with E-state index in [2.05, 4.69) is 5.32 Å². The summed E-state index contributed by atoms with van der Waals surface area (Å²) in [6.07, 6.45) is -1.43. The average Bonchev–Trinajstić information content (AvgIpc) is 2.90. The lowest BCUT2D eigenvalue weighted by molar-refractivity contribution is -0.114. The van der Waals surface area contributed by atoms with Gasteiger partial charge in [-0.2, -0.15) is 4.31 Å². The van der Waals surface area contributed by atoms with E-state index in [0.29, 0.717) is 11.3 Å². The zero-order valence-corrected chi connectivity index (χ0v) is 22.4. The van der Waals surface area contributed by atoms with Crippen LogP contribution in [0, 0.1) is 6.92 Å². The standard InChI is InChI=1S/C28H30N2O7S/c1-18-10-12-21(13-11-18)38(33,34)30-24(17-37-16-20-8-6-5-7-9-20)25-22(26(32)28(30)36-4)14-15-23(27(25)35-3)29-19(2)31/h5-15,24,28H,16-17H2,1-4H3,(H,29,31)/t24-,28-/m1/s1. The molecule has 1 aliphatic rings. The molecule has 0 aliphatic carbocycles. The number of aryl methyl sites for hydroxylation is 1. The molecule has 0 radical (unpaired) electrons. The number of amides is 1. The Morgan fingerprint density at radius 3 is 2.29 bits per heavy atom. The van der Waals surface area contributed by atoms with E-state index in [1.54, 1.807) is 18.2 Å². The number of hydrogen-bond donors (Lipinski definition) is 1. The molecule has 9 nitrogen and oxygen atoms in total. The van der Waals surface area contributed by atoms with Crippen LogP contribution in [0.4, 0.5) is 5.69 Å². The second-order valence-electron chi connectivity index (χ2n) is 8.91. The van der Waals surface area contributed by atoms with E-state index in [0.717, 1.165) is 15.4 Å². The molecular weight excluding hydrogens is 508 g/mol. The molecule has 3 aromatic carbocycles. The van der Waals surface area contributed by atoms with Gasteiger partial charge in [0.2, 0.25) is 21.7 Å². The summed E-state index contributed by atoms with van der Waals surface area (Å²) >= 11 is 0. The molecule has 0 saturated heterocycles. The number of carbonyl (C=O) groups is 2. The third-order valence-corrected chi connectivity index (χ3v) is 8.15. The smallest absolute Gasteiger partial charge is 0.246 e. The zero-order chi connectivity index (χ0) is 27.4. The highest BCUT2D eigenvalue weighted by Gasteiger charge is 2.49. The molecule has 1 aliphatic heterocycles. The summed E-state index contributed by atoms with van der Waals surface area (Å²) in [7, 11) is -1.57. The Bertz CT molecular complexity index is 1420. The van der Waals surface area contributed by atoms with E-state index in [9.17, 15) is 18.0 Å². The van der Waals surface area contributed by atoms with Crippen molar-refractivity contribution in [1.82, 2.24) is 4.31 Å². The Labute approximate surface area is 222 Å². The Morgan fingerprint density at radius 2 is 1.68 bits per heavy atom. The lowest BCUT2D eigenvalue weighted by Gasteiger charge is -2.40. The summed E-state index contributed by atoms with van der Waals surface area (Å²) in [6.45, 7) is 3.30. The number of methoxy groups -OCH3 is 2. The second kappa shape index (κ2) is 11.4. The highest BCUT2D eigenvalue weighted by Crippen LogP contribution is 2.45. The quantitative estimate of drug-likeness (QED) is 0.437. The SMILES string of the molecule is COc1c(NC(C)=O)ccc2c1[C@@H](COCc1ccccc1)N(S(=O)(=O)c1ccc(C)cc1)[C@H](OC)C2=O. The fourth-order valence-corrected chi connectivity index (χ4v) is 6.21. The number of fused-ring (bicyclic) bond motifs is 1. The average molecular weight is 539 g/mol. The fraction of sp³-hybridized carbons (Fsp3) is 0.286. The van der Waals surface area contributed by atoms with Gasteiger partial charge in [0, 0.05) is 25.2 Å². The molecule has 2 atom stereocenters. The summed E-state index contributed by atoms with van der Waals surface area (Å²) in [4.78, 5) is 25.5. The highest BCUT2D eigenvalue weighted by molar-refractivity contribution is 7.89. The molecule has 0 aromatic heterocycles. The van der Waals surface area contributed by atoms with Crippen LogP contribution in [-0.4, -0.2) is 51.5 Å². The van der Waals surface area contributed by atoms with Crippen molar-refractivity contribution >= 4 is 27.4 Å². The maximum atomic E-state index is 14.1. The number of nitrogens with zero attached hydrogens (tertiary/aromatic N) is 1. The van der Waals surface area contributed by atoms with Crippen molar-refractivity contribution in [3.63, 3.8) is 0 Å². The molecule has 0 saturated carbocycles. The summed E-state index contributed by atoms with van der Waals surface area (Å²) < 4.78 is 46.3. The normalized spacial score (nSPS) is 17.6. The van der Waals surface area contributed by atoms with Crippen molar-refractivity contribution in [2.45, 2.75) is 37.6 Å². The van der Waals surface area contributed by atoms with Gasteiger partial charge in [0.1, 0.15) is 5.75 Å². The Kier molecular flexibility index (Phi) is 8.27. The number of rotatable bonds is 9. The molecule has 1 N–H and O–H groups in total. The van der Waals surface area contributed by atoms with Crippen LogP contribution < -0.4 is 10.1 Å². The molecule has 38 heavy (non-hydrogen) atoms. The molecule has 1 amide bonds. The summed E-state index contributed by atoms with van der Waals surface area (Å²) in [6, 6.07) is 17.9. The van der Waals surface area contributed by atoms with Gasteiger partial charge < -0.3 is 19.5 Å². The predicted octanol–water partition coefficient (Wildman–Crippen LogP) is 4.08. The molecule has 1 heterocycles. The first-order chi connectivity index (χ1) is 18.2. The van der Waals surface area contributed by atoms with E-state index in [4.69, 9.17) is 14.2 Å². The molecular formula is C28H30N2O7S. The van der Waals surface area contributed by atoms with Crippen molar-refractivity contribution in [2.75, 3.05) is 26.1 Å². The molecule has 10 heteroatoms. The maximum Gasteiger partial charge on any atom is 0.246 e. The lowest BCUT2D eigenvalue weighted by Crippen LogP contribution is -2.53. The number of Topliss-reactive ketones (excluding diaryl/α,β-unsaturated/α-hetero) is 1. The number of nitrogens with one attached hydrogen (secondary N) is 1.